The Morgan fingerprint density at radius 2 is 1.90 bits per heavy atom. The Balaban J connectivity index is 3.58. The van der Waals surface area contributed by atoms with Gasteiger partial charge in [-0.2, -0.15) is 0 Å². The Morgan fingerprint density at radius 1 is 1.40 bits per heavy atom. The number of rotatable bonds is 2. The molecule has 2 nitrogen and oxygen atoms in total. The minimum atomic E-state index is 0.0231. The molecule has 0 spiro atoms. The van der Waals surface area contributed by atoms with Crippen LogP contribution in [0, 0.1) is 5.41 Å². The topological polar surface area (TPSA) is 31.2 Å². The van der Waals surface area contributed by atoms with Gasteiger partial charge in [-0.3, -0.25) is 10.1 Å². The Hall–Kier alpha value is -0.530. The molecule has 0 aromatic heterocycles. The molecule has 10 heavy (non-hydrogen) atoms. The van der Waals surface area contributed by atoms with Gasteiger partial charge in [-0.05, 0) is 12.3 Å². The van der Waals surface area contributed by atoms with Crippen molar-refractivity contribution in [2.45, 2.75) is 34.1 Å². The van der Waals surface area contributed by atoms with E-state index >= 15 is 0 Å². The highest BCUT2D eigenvalue weighted by atomic mass is 16.1. The van der Waals surface area contributed by atoms with Crippen LogP contribution in [0.1, 0.15) is 34.1 Å². The fraction of sp³-hybridized carbons (Fsp3) is 0.875. The summed E-state index contributed by atoms with van der Waals surface area (Å²) in [6, 6.07) is 0. The standard InChI is InChI=1S/C8H16NO/c1-5-9-7(10)6-8(2,3)4/h5-6H2,1-4H3. The van der Waals surface area contributed by atoms with Gasteiger partial charge >= 0.3 is 0 Å². The number of amides is 1. The molecule has 2 heteroatoms. The molecule has 1 radical (unpaired) electrons. The molecule has 0 aliphatic heterocycles. The quantitative estimate of drug-likeness (QED) is 0.575. The van der Waals surface area contributed by atoms with Crippen LogP contribution in [0.15, 0.2) is 0 Å². The zero-order chi connectivity index (χ0) is 8.20. The molecule has 0 saturated carbocycles. The molecule has 0 aliphatic carbocycles. The lowest BCUT2D eigenvalue weighted by atomic mass is 9.92. The summed E-state index contributed by atoms with van der Waals surface area (Å²) in [6.07, 6.45) is 0.556. The lowest BCUT2D eigenvalue weighted by Gasteiger charge is -2.15. The molecule has 0 rings (SSSR count). The molecule has 0 heterocycles. The van der Waals surface area contributed by atoms with E-state index in [0.717, 1.165) is 0 Å². The molecule has 0 aromatic carbocycles. The third-order valence-corrected chi connectivity index (χ3v) is 1.02. The van der Waals surface area contributed by atoms with E-state index in [1.54, 1.807) is 0 Å². The summed E-state index contributed by atoms with van der Waals surface area (Å²) in [4.78, 5) is 10.9. The number of hydrogen-bond acceptors (Lipinski definition) is 1. The molecule has 0 unspecified atom stereocenters. The van der Waals surface area contributed by atoms with Crippen LogP contribution in [0.5, 0.6) is 0 Å². The molecule has 0 aliphatic rings. The van der Waals surface area contributed by atoms with Crippen LogP contribution in [0.2, 0.25) is 0 Å². The summed E-state index contributed by atoms with van der Waals surface area (Å²) in [7, 11) is 0. The van der Waals surface area contributed by atoms with Crippen molar-refractivity contribution < 1.29 is 4.79 Å². The van der Waals surface area contributed by atoms with Gasteiger partial charge in [0.2, 0.25) is 5.91 Å². The first-order valence-electron chi connectivity index (χ1n) is 3.66. The fourth-order valence-electron chi connectivity index (χ4n) is 0.686. The van der Waals surface area contributed by atoms with Crippen LogP contribution in [-0.2, 0) is 4.79 Å². The van der Waals surface area contributed by atoms with Crippen molar-refractivity contribution in [3.63, 3.8) is 0 Å². The number of nitrogens with zero attached hydrogens (tertiary/aromatic N) is 1. The SMILES string of the molecule is CC[N]C(=O)CC(C)(C)C. The van der Waals surface area contributed by atoms with Gasteiger partial charge in [0, 0.05) is 13.0 Å². The Bertz CT molecular complexity index is 113. The van der Waals surface area contributed by atoms with Crippen molar-refractivity contribution in [3.05, 3.63) is 0 Å². The normalized spacial score (nSPS) is 11.2. The number of hydrogen-bond donors (Lipinski definition) is 0. The first kappa shape index (κ1) is 9.47. The summed E-state index contributed by atoms with van der Waals surface area (Å²) < 4.78 is 0. The predicted molar refractivity (Wildman–Crippen MR) is 41.8 cm³/mol. The molecule has 0 bridgehead atoms. The minimum absolute atomic E-state index is 0.0231. The molecule has 0 N–H and O–H groups in total. The second-order valence-electron chi connectivity index (χ2n) is 3.61. The lowest BCUT2D eigenvalue weighted by Crippen LogP contribution is -2.21. The third kappa shape index (κ3) is 5.60. The minimum Gasteiger partial charge on any atom is -0.273 e. The summed E-state index contributed by atoms with van der Waals surface area (Å²) in [5.41, 5.74) is 0.0791. The monoisotopic (exact) mass is 142 g/mol. The van der Waals surface area contributed by atoms with Crippen LogP contribution < -0.4 is 5.32 Å². The largest absolute Gasteiger partial charge is 0.273 e. The first-order chi connectivity index (χ1) is 4.45. The molecule has 1 amide bonds. The second kappa shape index (κ2) is 3.59. The maximum absolute atomic E-state index is 10.9. The van der Waals surface area contributed by atoms with Crippen LogP contribution in [-0.4, -0.2) is 12.5 Å². The van der Waals surface area contributed by atoms with Gasteiger partial charge in [0.1, 0.15) is 0 Å². The number of carbonyl (C=O) groups is 1. The Kier molecular flexibility index (Phi) is 3.40. The third-order valence-electron chi connectivity index (χ3n) is 1.02. The van der Waals surface area contributed by atoms with E-state index in [1.165, 1.54) is 0 Å². The van der Waals surface area contributed by atoms with E-state index < -0.39 is 0 Å². The van der Waals surface area contributed by atoms with Crippen molar-refractivity contribution in [2.24, 2.45) is 5.41 Å². The van der Waals surface area contributed by atoms with Gasteiger partial charge in [-0.25, -0.2) is 0 Å². The average molecular weight is 142 g/mol. The van der Waals surface area contributed by atoms with Crippen molar-refractivity contribution in [1.82, 2.24) is 5.32 Å². The molecule has 0 atom stereocenters. The van der Waals surface area contributed by atoms with Crippen LogP contribution in [0.25, 0.3) is 0 Å². The van der Waals surface area contributed by atoms with Crippen molar-refractivity contribution in [3.8, 4) is 0 Å². The average Bonchev–Trinajstić information content (AvgIpc) is 1.59. The summed E-state index contributed by atoms with van der Waals surface area (Å²) in [6.45, 7) is 8.59. The molecule has 0 fully saturated rings. The summed E-state index contributed by atoms with van der Waals surface area (Å²) in [5, 5.41) is 3.77. The van der Waals surface area contributed by atoms with Crippen LogP contribution in [0.3, 0.4) is 0 Å². The smallest absolute Gasteiger partial charge is 0.241 e. The van der Waals surface area contributed by atoms with E-state index in [0.29, 0.717) is 13.0 Å². The molecule has 0 saturated heterocycles. The van der Waals surface area contributed by atoms with Gasteiger partial charge in [0.25, 0.3) is 0 Å². The van der Waals surface area contributed by atoms with E-state index in [4.69, 9.17) is 0 Å². The Morgan fingerprint density at radius 3 is 2.20 bits per heavy atom. The second-order valence-corrected chi connectivity index (χ2v) is 3.61. The maximum atomic E-state index is 10.9. The van der Waals surface area contributed by atoms with E-state index in [9.17, 15) is 4.79 Å². The van der Waals surface area contributed by atoms with Crippen molar-refractivity contribution in [1.29, 1.82) is 0 Å². The maximum Gasteiger partial charge on any atom is 0.241 e. The Labute approximate surface area is 63.0 Å². The van der Waals surface area contributed by atoms with Gasteiger partial charge in [0.05, 0.1) is 0 Å². The van der Waals surface area contributed by atoms with Crippen molar-refractivity contribution >= 4 is 5.91 Å². The summed E-state index contributed by atoms with van der Waals surface area (Å²) >= 11 is 0. The van der Waals surface area contributed by atoms with E-state index in [2.05, 4.69) is 5.32 Å². The zero-order valence-electron chi connectivity index (χ0n) is 7.27. The van der Waals surface area contributed by atoms with Gasteiger partial charge in [-0.15, -0.1) is 0 Å². The highest BCUT2D eigenvalue weighted by Crippen LogP contribution is 2.17. The zero-order valence-corrected chi connectivity index (χ0v) is 7.27. The van der Waals surface area contributed by atoms with Gasteiger partial charge < -0.3 is 0 Å². The highest BCUT2D eigenvalue weighted by molar-refractivity contribution is 5.76. The molecule has 0 aromatic rings. The van der Waals surface area contributed by atoms with Crippen LogP contribution >= 0.6 is 0 Å². The van der Waals surface area contributed by atoms with Crippen LogP contribution in [0.4, 0.5) is 0 Å². The fourth-order valence-corrected chi connectivity index (χ4v) is 0.686. The van der Waals surface area contributed by atoms with Gasteiger partial charge in [0.15, 0.2) is 0 Å². The summed E-state index contributed by atoms with van der Waals surface area (Å²) in [5.74, 6) is 0.0231. The van der Waals surface area contributed by atoms with E-state index in [1.807, 2.05) is 27.7 Å². The molecular weight excluding hydrogens is 126 g/mol. The number of carbonyl (C=O) groups excluding carboxylic acids is 1. The highest BCUT2D eigenvalue weighted by Gasteiger charge is 2.15. The van der Waals surface area contributed by atoms with Crippen molar-refractivity contribution in [2.75, 3.05) is 6.54 Å². The molecule has 59 valence electrons. The predicted octanol–water partition coefficient (Wildman–Crippen LogP) is 1.57. The lowest BCUT2D eigenvalue weighted by molar-refractivity contribution is -0.123. The van der Waals surface area contributed by atoms with Gasteiger partial charge in [-0.1, -0.05) is 20.8 Å². The molecular formula is C8H16NO. The first-order valence-corrected chi connectivity index (χ1v) is 3.66. The van der Waals surface area contributed by atoms with E-state index in [-0.39, 0.29) is 11.3 Å².